The number of likely N-dealkylation sites (tertiary alicyclic amines) is 1. The van der Waals surface area contributed by atoms with Crippen LogP contribution in [0.25, 0.3) is 0 Å². The van der Waals surface area contributed by atoms with Gasteiger partial charge in [-0.2, -0.15) is 0 Å². The zero-order valence-electron chi connectivity index (χ0n) is 17.4. The number of halogens is 1. The highest BCUT2D eigenvalue weighted by Crippen LogP contribution is 2.31. The Morgan fingerprint density at radius 1 is 0.875 bits per heavy atom. The Kier molecular flexibility index (Phi) is 6.65. The smallest absolute Gasteiger partial charge is 0.411 e. The van der Waals surface area contributed by atoms with Gasteiger partial charge in [-0.25, -0.2) is 14.0 Å². The molecule has 0 radical (unpaired) electrons. The number of benzene rings is 3. The third kappa shape index (κ3) is 5.43. The van der Waals surface area contributed by atoms with E-state index in [2.05, 4.69) is 5.32 Å². The van der Waals surface area contributed by atoms with Crippen LogP contribution in [0.2, 0.25) is 0 Å². The Hall–Kier alpha value is -3.87. The van der Waals surface area contributed by atoms with Crippen molar-refractivity contribution < 1.29 is 23.5 Å². The van der Waals surface area contributed by atoms with Crippen molar-refractivity contribution in [1.29, 1.82) is 0 Å². The number of rotatable bonds is 6. The number of amides is 2. The molecule has 1 N–H and O–H groups in total. The predicted molar refractivity (Wildman–Crippen MR) is 118 cm³/mol. The molecule has 0 saturated carbocycles. The minimum Gasteiger partial charge on any atom is -0.445 e. The lowest BCUT2D eigenvalue weighted by Crippen LogP contribution is -2.48. The molecule has 164 valence electrons. The van der Waals surface area contributed by atoms with Crippen molar-refractivity contribution in [2.24, 2.45) is 0 Å². The first-order valence-electron chi connectivity index (χ1n) is 10.3. The molecule has 1 aliphatic heterocycles. The molecule has 6 nitrogen and oxygen atoms in total. The molecule has 4 rings (SSSR count). The lowest BCUT2D eigenvalue weighted by atomic mass is 9.91. The van der Waals surface area contributed by atoms with Crippen LogP contribution in [0.1, 0.15) is 22.6 Å². The van der Waals surface area contributed by atoms with Crippen molar-refractivity contribution in [3.8, 4) is 0 Å². The number of ether oxygens (including phenoxy) is 2. The van der Waals surface area contributed by atoms with E-state index in [1.165, 1.54) is 6.07 Å². The first kappa shape index (κ1) is 21.4. The fourth-order valence-electron chi connectivity index (χ4n) is 3.45. The molecule has 0 spiro atoms. The molecule has 0 bridgehead atoms. The molecule has 1 saturated heterocycles. The molecule has 1 heterocycles. The van der Waals surface area contributed by atoms with Gasteiger partial charge in [0.05, 0.1) is 0 Å². The molecule has 7 heteroatoms. The van der Waals surface area contributed by atoms with Crippen LogP contribution in [0.15, 0.2) is 78.9 Å². The third-order valence-corrected chi connectivity index (χ3v) is 5.24. The normalized spacial score (nSPS) is 13.2. The first-order chi connectivity index (χ1) is 15.6. The monoisotopic (exact) mass is 434 g/mol. The molecule has 3 aromatic rings. The predicted octanol–water partition coefficient (Wildman–Crippen LogP) is 5.31. The summed E-state index contributed by atoms with van der Waals surface area (Å²) in [6, 6.07) is 23.2. The number of hydrogen-bond acceptors (Lipinski definition) is 4. The van der Waals surface area contributed by atoms with Gasteiger partial charge in [0, 0.05) is 24.7 Å². The number of anilines is 1. The highest BCUT2D eigenvalue weighted by atomic mass is 19.1. The van der Waals surface area contributed by atoms with Gasteiger partial charge in [0.25, 0.3) is 0 Å². The van der Waals surface area contributed by atoms with E-state index in [0.29, 0.717) is 24.3 Å². The third-order valence-electron chi connectivity index (χ3n) is 5.24. The van der Waals surface area contributed by atoms with Gasteiger partial charge in [0.2, 0.25) is 0 Å². The summed E-state index contributed by atoms with van der Waals surface area (Å²) < 4.78 is 25.0. The van der Waals surface area contributed by atoms with E-state index in [-0.39, 0.29) is 19.1 Å². The topological polar surface area (TPSA) is 67.9 Å². The maximum absolute atomic E-state index is 14.6. The minimum atomic E-state index is -0.656. The summed E-state index contributed by atoms with van der Waals surface area (Å²) in [5.41, 5.74) is 2.58. The Morgan fingerprint density at radius 3 is 2.06 bits per heavy atom. The quantitative estimate of drug-likeness (QED) is 0.571. The van der Waals surface area contributed by atoms with Gasteiger partial charge in [-0.05, 0) is 28.8 Å². The molecular formula is C25H23FN2O4. The van der Waals surface area contributed by atoms with E-state index < -0.39 is 18.0 Å². The standard InChI is InChI=1S/C25H23FN2O4/c26-23-13-21(27-24(29)31-16-18-7-3-1-4-8-18)11-12-22(23)20-14-28(15-20)25(30)32-17-19-9-5-2-6-10-19/h1-13,20H,14-17H2,(H,27,29). The zero-order valence-corrected chi connectivity index (χ0v) is 17.4. The molecular weight excluding hydrogens is 411 g/mol. The highest BCUT2D eigenvalue weighted by molar-refractivity contribution is 5.84. The Bertz CT molecular complexity index is 1070. The SMILES string of the molecule is O=C(Nc1ccc(C2CN(C(=O)OCc3ccccc3)C2)c(F)c1)OCc1ccccc1. The van der Waals surface area contributed by atoms with Gasteiger partial charge in [-0.1, -0.05) is 66.7 Å². The van der Waals surface area contributed by atoms with Crippen molar-refractivity contribution in [2.75, 3.05) is 18.4 Å². The summed E-state index contributed by atoms with van der Waals surface area (Å²) in [6.07, 6.45) is -1.07. The maximum Gasteiger partial charge on any atom is 0.411 e. The number of nitrogens with zero attached hydrogens (tertiary/aromatic N) is 1. The van der Waals surface area contributed by atoms with Gasteiger partial charge in [0.15, 0.2) is 0 Å². The summed E-state index contributed by atoms with van der Waals surface area (Å²) in [4.78, 5) is 25.6. The van der Waals surface area contributed by atoms with Gasteiger partial charge >= 0.3 is 12.2 Å². The molecule has 1 aliphatic rings. The van der Waals surface area contributed by atoms with Crippen LogP contribution in [0.3, 0.4) is 0 Å². The van der Waals surface area contributed by atoms with Crippen LogP contribution in [-0.4, -0.2) is 30.2 Å². The second kappa shape index (κ2) is 9.96. The van der Waals surface area contributed by atoms with Crippen molar-refractivity contribution in [1.82, 2.24) is 4.90 Å². The van der Waals surface area contributed by atoms with Crippen molar-refractivity contribution in [3.05, 3.63) is 101 Å². The lowest BCUT2D eigenvalue weighted by molar-refractivity contribution is 0.0658. The summed E-state index contributed by atoms with van der Waals surface area (Å²) >= 11 is 0. The second-order valence-corrected chi connectivity index (χ2v) is 7.57. The van der Waals surface area contributed by atoms with E-state index in [1.807, 2.05) is 60.7 Å². The molecule has 0 unspecified atom stereocenters. The Balaban J connectivity index is 1.24. The molecule has 3 aromatic carbocycles. The lowest BCUT2D eigenvalue weighted by Gasteiger charge is -2.38. The van der Waals surface area contributed by atoms with E-state index >= 15 is 0 Å². The number of nitrogens with one attached hydrogen (secondary N) is 1. The van der Waals surface area contributed by atoms with Gasteiger partial charge in [-0.15, -0.1) is 0 Å². The van der Waals surface area contributed by atoms with Gasteiger partial charge in [-0.3, -0.25) is 5.32 Å². The van der Waals surface area contributed by atoms with Gasteiger partial charge in [0.1, 0.15) is 19.0 Å². The summed E-state index contributed by atoms with van der Waals surface area (Å²) in [6.45, 7) is 1.11. The van der Waals surface area contributed by atoms with Crippen LogP contribution in [-0.2, 0) is 22.7 Å². The zero-order chi connectivity index (χ0) is 22.3. The average Bonchev–Trinajstić information content (AvgIpc) is 2.78. The second-order valence-electron chi connectivity index (χ2n) is 7.57. The van der Waals surface area contributed by atoms with Crippen molar-refractivity contribution in [3.63, 3.8) is 0 Å². The van der Waals surface area contributed by atoms with Crippen molar-refractivity contribution in [2.45, 2.75) is 19.1 Å². The number of hydrogen-bond donors (Lipinski definition) is 1. The molecule has 2 amide bonds. The number of carbonyl (C=O) groups is 2. The minimum absolute atomic E-state index is 0.113. The Labute approximate surface area is 185 Å². The Morgan fingerprint density at radius 2 is 1.47 bits per heavy atom. The highest BCUT2D eigenvalue weighted by Gasteiger charge is 2.34. The van der Waals surface area contributed by atoms with Gasteiger partial charge < -0.3 is 14.4 Å². The van der Waals surface area contributed by atoms with Crippen LogP contribution < -0.4 is 5.32 Å². The fraction of sp³-hybridized carbons (Fsp3) is 0.200. The fourth-order valence-corrected chi connectivity index (χ4v) is 3.45. The largest absolute Gasteiger partial charge is 0.445 e. The summed E-state index contributed by atoms with van der Waals surface area (Å²) in [5.74, 6) is -0.550. The summed E-state index contributed by atoms with van der Waals surface area (Å²) in [5, 5.41) is 2.53. The van der Waals surface area contributed by atoms with E-state index in [4.69, 9.17) is 9.47 Å². The van der Waals surface area contributed by atoms with E-state index in [9.17, 15) is 14.0 Å². The average molecular weight is 434 g/mol. The molecule has 0 atom stereocenters. The van der Waals surface area contributed by atoms with E-state index in [1.54, 1.807) is 17.0 Å². The summed E-state index contributed by atoms with van der Waals surface area (Å²) in [7, 11) is 0. The molecule has 32 heavy (non-hydrogen) atoms. The molecule has 1 fully saturated rings. The van der Waals surface area contributed by atoms with Crippen LogP contribution >= 0.6 is 0 Å². The van der Waals surface area contributed by atoms with Crippen LogP contribution in [0.4, 0.5) is 19.7 Å². The number of carbonyl (C=O) groups excluding carboxylic acids is 2. The van der Waals surface area contributed by atoms with Crippen LogP contribution in [0.5, 0.6) is 0 Å². The first-order valence-corrected chi connectivity index (χ1v) is 10.3. The maximum atomic E-state index is 14.6. The van der Waals surface area contributed by atoms with E-state index in [0.717, 1.165) is 11.1 Å². The molecule has 0 aromatic heterocycles. The molecule has 0 aliphatic carbocycles. The van der Waals surface area contributed by atoms with Crippen LogP contribution in [0, 0.1) is 5.82 Å². The van der Waals surface area contributed by atoms with Crippen molar-refractivity contribution >= 4 is 17.9 Å².